The normalized spacial score (nSPS) is 10.2. The maximum Gasteiger partial charge on any atom is 0.306 e. The van der Waals surface area contributed by atoms with E-state index in [1.165, 1.54) is 12.1 Å². The van der Waals surface area contributed by atoms with Crippen LogP contribution in [0.5, 0.6) is 0 Å². The maximum atomic E-state index is 13.0. The quantitative estimate of drug-likeness (QED) is 0.731. The van der Waals surface area contributed by atoms with Crippen molar-refractivity contribution >= 4 is 11.8 Å². The Bertz CT molecular complexity index is 441. The van der Waals surface area contributed by atoms with Gasteiger partial charge in [0, 0.05) is 12.8 Å². The van der Waals surface area contributed by atoms with Crippen molar-refractivity contribution in [1.82, 2.24) is 0 Å². The van der Waals surface area contributed by atoms with Crippen LogP contribution in [-0.4, -0.2) is 18.4 Å². The number of Topliss-reactive ketones (excluding diaryl/α,β-unsaturated/α-hetero) is 1. The fraction of sp³-hybridized carbons (Fsp3) is 0.429. The predicted molar refractivity (Wildman–Crippen MR) is 65.7 cm³/mol. The summed E-state index contributed by atoms with van der Waals surface area (Å²) in [6.45, 7) is 3.86. The first-order valence-electron chi connectivity index (χ1n) is 5.95. The smallest absolute Gasteiger partial charge is 0.306 e. The van der Waals surface area contributed by atoms with Crippen molar-refractivity contribution in [2.45, 2.75) is 33.1 Å². The average molecular weight is 252 g/mol. The van der Waals surface area contributed by atoms with Crippen molar-refractivity contribution in [1.29, 1.82) is 0 Å². The summed E-state index contributed by atoms with van der Waals surface area (Å²) in [5, 5.41) is 0. The Labute approximate surface area is 106 Å². The molecule has 0 atom stereocenters. The van der Waals surface area contributed by atoms with E-state index in [1.807, 2.05) is 6.92 Å². The van der Waals surface area contributed by atoms with Crippen LogP contribution in [0.4, 0.5) is 4.39 Å². The summed E-state index contributed by atoms with van der Waals surface area (Å²) in [5.41, 5.74) is 1.55. The Kier molecular flexibility index (Phi) is 5.49. The van der Waals surface area contributed by atoms with Gasteiger partial charge in [0.25, 0.3) is 0 Å². The lowest BCUT2D eigenvalue weighted by Crippen LogP contribution is -2.10. The van der Waals surface area contributed by atoms with Crippen LogP contribution in [0.3, 0.4) is 0 Å². The van der Waals surface area contributed by atoms with E-state index in [4.69, 9.17) is 4.74 Å². The molecular formula is C14H17FO3. The van der Waals surface area contributed by atoms with Crippen LogP contribution in [0, 0.1) is 12.7 Å². The minimum absolute atomic E-state index is 0.0844. The van der Waals surface area contributed by atoms with Crippen LogP contribution < -0.4 is 0 Å². The molecule has 18 heavy (non-hydrogen) atoms. The fourth-order valence-corrected chi connectivity index (χ4v) is 1.61. The number of benzene rings is 1. The fourth-order valence-electron chi connectivity index (χ4n) is 1.61. The van der Waals surface area contributed by atoms with E-state index >= 15 is 0 Å². The number of rotatable bonds is 6. The van der Waals surface area contributed by atoms with Crippen LogP contribution in [0.25, 0.3) is 0 Å². The maximum absolute atomic E-state index is 13.0. The Morgan fingerprint density at radius 1 is 1.28 bits per heavy atom. The van der Waals surface area contributed by atoms with Crippen LogP contribution in [0.15, 0.2) is 18.2 Å². The first kappa shape index (κ1) is 14.4. The van der Waals surface area contributed by atoms with Crippen molar-refractivity contribution in [2.24, 2.45) is 0 Å². The van der Waals surface area contributed by atoms with Crippen molar-refractivity contribution < 1.29 is 18.7 Å². The summed E-state index contributed by atoms with van der Waals surface area (Å²) in [5.74, 6) is -0.813. The van der Waals surface area contributed by atoms with Gasteiger partial charge in [0.1, 0.15) is 11.6 Å². The highest BCUT2D eigenvalue weighted by Crippen LogP contribution is 2.12. The molecule has 4 heteroatoms. The molecule has 0 fully saturated rings. The molecule has 1 rings (SSSR count). The highest BCUT2D eigenvalue weighted by Gasteiger charge is 2.10. The number of hydrogen-bond acceptors (Lipinski definition) is 3. The van der Waals surface area contributed by atoms with E-state index in [1.54, 1.807) is 13.0 Å². The number of carbonyl (C=O) groups excluding carboxylic acids is 2. The molecule has 0 aliphatic heterocycles. The van der Waals surface area contributed by atoms with E-state index in [-0.39, 0.29) is 36.8 Å². The van der Waals surface area contributed by atoms with E-state index in [2.05, 4.69) is 0 Å². The van der Waals surface area contributed by atoms with Crippen LogP contribution in [0.1, 0.15) is 30.9 Å². The molecule has 0 aromatic heterocycles. The lowest BCUT2D eigenvalue weighted by atomic mass is 10.0. The lowest BCUT2D eigenvalue weighted by Gasteiger charge is -2.05. The number of halogens is 1. The van der Waals surface area contributed by atoms with Crippen LogP contribution in [0.2, 0.25) is 0 Å². The third-order valence-corrected chi connectivity index (χ3v) is 2.61. The number of ether oxygens (including phenoxy) is 1. The van der Waals surface area contributed by atoms with Gasteiger partial charge in [0.2, 0.25) is 0 Å². The highest BCUT2D eigenvalue weighted by atomic mass is 19.1. The molecule has 0 heterocycles. The molecule has 3 nitrogen and oxygen atoms in total. The van der Waals surface area contributed by atoms with Gasteiger partial charge in [-0.2, -0.15) is 0 Å². The summed E-state index contributed by atoms with van der Waals surface area (Å²) in [4.78, 5) is 22.7. The summed E-state index contributed by atoms with van der Waals surface area (Å²) >= 11 is 0. The van der Waals surface area contributed by atoms with E-state index < -0.39 is 0 Å². The van der Waals surface area contributed by atoms with E-state index in [9.17, 15) is 14.0 Å². The van der Waals surface area contributed by atoms with E-state index in [0.29, 0.717) is 12.2 Å². The minimum atomic E-state index is -0.373. The van der Waals surface area contributed by atoms with Gasteiger partial charge in [-0.1, -0.05) is 6.07 Å². The lowest BCUT2D eigenvalue weighted by molar-refractivity contribution is -0.144. The van der Waals surface area contributed by atoms with Gasteiger partial charge < -0.3 is 4.74 Å². The van der Waals surface area contributed by atoms with Crippen molar-refractivity contribution in [3.8, 4) is 0 Å². The van der Waals surface area contributed by atoms with Crippen LogP contribution >= 0.6 is 0 Å². The summed E-state index contributed by atoms with van der Waals surface area (Å²) < 4.78 is 17.8. The number of aryl methyl sites for hydroxylation is 1. The molecule has 0 radical (unpaired) electrons. The van der Waals surface area contributed by atoms with Crippen molar-refractivity contribution in [3.63, 3.8) is 0 Å². The third-order valence-electron chi connectivity index (χ3n) is 2.61. The van der Waals surface area contributed by atoms with Gasteiger partial charge in [-0.15, -0.1) is 0 Å². The molecular weight excluding hydrogens is 235 g/mol. The van der Waals surface area contributed by atoms with Crippen LogP contribution in [-0.2, 0) is 20.7 Å². The zero-order valence-corrected chi connectivity index (χ0v) is 10.7. The van der Waals surface area contributed by atoms with Gasteiger partial charge in [0.05, 0.1) is 13.0 Å². The molecule has 1 aromatic rings. The average Bonchev–Trinajstić information content (AvgIpc) is 2.32. The molecule has 1 aromatic carbocycles. The molecule has 0 spiro atoms. The second kappa shape index (κ2) is 6.89. The zero-order chi connectivity index (χ0) is 13.5. The minimum Gasteiger partial charge on any atom is -0.466 e. The number of ketones is 1. The molecule has 0 aliphatic carbocycles. The molecule has 0 amide bonds. The molecule has 0 unspecified atom stereocenters. The van der Waals surface area contributed by atoms with Crippen molar-refractivity contribution in [2.75, 3.05) is 6.61 Å². The summed E-state index contributed by atoms with van der Waals surface area (Å²) in [6.07, 6.45) is 0.374. The topological polar surface area (TPSA) is 43.4 Å². The largest absolute Gasteiger partial charge is 0.466 e. The second-order valence-corrected chi connectivity index (χ2v) is 4.09. The second-order valence-electron chi connectivity index (χ2n) is 4.09. The Hall–Kier alpha value is -1.71. The van der Waals surface area contributed by atoms with Gasteiger partial charge in [-0.05, 0) is 37.1 Å². The van der Waals surface area contributed by atoms with E-state index in [0.717, 1.165) is 5.56 Å². The monoisotopic (exact) mass is 252 g/mol. The van der Waals surface area contributed by atoms with Gasteiger partial charge >= 0.3 is 5.97 Å². The first-order valence-corrected chi connectivity index (χ1v) is 5.95. The molecule has 98 valence electrons. The Balaban J connectivity index is 2.49. The number of carbonyl (C=O) groups is 2. The van der Waals surface area contributed by atoms with Crippen molar-refractivity contribution in [3.05, 3.63) is 35.1 Å². The number of hydrogen-bond donors (Lipinski definition) is 0. The molecule has 0 saturated carbocycles. The summed E-state index contributed by atoms with van der Waals surface area (Å²) in [7, 11) is 0. The predicted octanol–water partition coefficient (Wildman–Crippen LogP) is 2.59. The Morgan fingerprint density at radius 2 is 2.00 bits per heavy atom. The zero-order valence-electron chi connectivity index (χ0n) is 10.7. The molecule has 0 saturated heterocycles. The SMILES string of the molecule is CCOC(=O)CCC(=O)Cc1cc(F)ccc1C. The molecule has 0 N–H and O–H groups in total. The molecule has 0 bridgehead atoms. The number of esters is 1. The third kappa shape index (κ3) is 4.65. The van der Waals surface area contributed by atoms with Gasteiger partial charge in [-0.3, -0.25) is 9.59 Å². The first-order chi connectivity index (χ1) is 8.52. The highest BCUT2D eigenvalue weighted by molar-refractivity contribution is 5.84. The summed E-state index contributed by atoms with van der Waals surface area (Å²) in [6, 6.07) is 4.36. The standard InChI is InChI=1S/C14H17FO3/c1-3-18-14(17)7-6-13(16)9-11-8-12(15)5-4-10(11)2/h4-5,8H,3,6-7,9H2,1-2H3. The van der Waals surface area contributed by atoms with Gasteiger partial charge in [0.15, 0.2) is 0 Å². The Morgan fingerprint density at radius 3 is 2.67 bits per heavy atom. The van der Waals surface area contributed by atoms with Gasteiger partial charge in [-0.25, -0.2) is 4.39 Å². The molecule has 0 aliphatic rings.